The van der Waals surface area contributed by atoms with E-state index in [4.69, 9.17) is 0 Å². The Morgan fingerprint density at radius 2 is 0.884 bits per heavy atom. The van der Waals surface area contributed by atoms with E-state index < -0.39 is 40.5 Å². The zero-order valence-electron chi connectivity index (χ0n) is 28.3. The summed E-state index contributed by atoms with van der Waals surface area (Å²) < 4.78 is -0.440. The van der Waals surface area contributed by atoms with Crippen LogP contribution in [-0.4, -0.2) is 57.3 Å². The zero-order chi connectivity index (χ0) is 32.3. The summed E-state index contributed by atoms with van der Waals surface area (Å²) in [5.74, 6) is -3.57. The summed E-state index contributed by atoms with van der Waals surface area (Å²) in [6.07, 6.45) is 27.1. The molecular formula is C36H67NO6. The molecule has 3 unspecified atom stereocenters. The van der Waals surface area contributed by atoms with Crippen LogP contribution in [-0.2, 0) is 14.4 Å². The topological polar surface area (TPSA) is 115 Å². The number of allylic oxidation sites excluding steroid dienone is 2. The Bertz CT molecular complexity index is 692. The number of nitrogens with zero attached hydrogens (tertiary/aromatic N) is 1. The van der Waals surface area contributed by atoms with Crippen LogP contribution in [0.3, 0.4) is 0 Å². The number of hydrogen-bond acceptors (Lipinski definition) is 4. The molecule has 0 saturated carbocycles. The summed E-state index contributed by atoms with van der Waals surface area (Å²) in [5, 5.41) is 33.0. The molecule has 0 radical (unpaired) electrons. The van der Waals surface area contributed by atoms with Gasteiger partial charge in [0, 0.05) is 19.3 Å². The first-order chi connectivity index (χ1) is 20.7. The molecule has 3 atom stereocenters. The SMILES string of the molecule is CCCCCCCCCCCC/C=C/CCCCCCC[N+](C(CCC)C(=O)[O-])(C(CCC)C(=O)O)C(CCC)C(=O)O. The van der Waals surface area contributed by atoms with Gasteiger partial charge in [-0.15, -0.1) is 0 Å². The Labute approximate surface area is 264 Å². The van der Waals surface area contributed by atoms with E-state index in [2.05, 4.69) is 19.1 Å². The van der Waals surface area contributed by atoms with Crippen molar-refractivity contribution in [2.45, 2.75) is 193 Å². The maximum Gasteiger partial charge on any atom is 0.362 e. The average molecular weight is 610 g/mol. The number of unbranched alkanes of at least 4 members (excludes halogenated alkanes) is 15. The van der Waals surface area contributed by atoms with Gasteiger partial charge in [0.15, 0.2) is 12.1 Å². The van der Waals surface area contributed by atoms with Crippen LogP contribution >= 0.6 is 0 Å². The first-order valence-electron chi connectivity index (χ1n) is 17.9. The molecule has 0 aliphatic rings. The number of rotatable bonds is 31. The first-order valence-corrected chi connectivity index (χ1v) is 17.9. The number of carbonyl (C=O) groups is 3. The van der Waals surface area contributed by atoms with Crippen molar-refractivity contribution in [2.24, 2.45) is 0 Å². The molecule has 2 N–H and O–H groups in total. The standard InChI is InChI=1S/C36H67NO6/c1-5-9-10-11-12-13-14-15-16-17-18-19-20-21-22-23-24-25-26-30-37(31(27-6-2)34(38)39,32(28-7-3)35(40)41)33(29-8-4)36(42)43/h19-20,31-33H,5-18,21-30H2,1-4H3,(H2-,38,39,40,41,42,43)/b20-19+. The van der Waals surface area contributed by atoms with E-state index >= 15 is 0 Å². The molecule has 0 aromatic carbocycles. The molecule has 0 amide bonds. The summed E-state index contributed by atoms with van der Waals surface area (Å²) in [7, 11) is 0. The van der Waals surface area contributed by atoms with Crippen molar-refractivity contribution in [3.05, 3.63) is 12.2 Å². The van der Waals surface area contributed by atoms with Crippen LogP contribution < -0.4 is 5.11 Å². The molecule has 0 aromatic rings. The van der Waals surface area contributed by atoms with Crippen molar-refractivity contribution in [3.63, 3.8) is 0 Å². The monoisotopic (exact) mass is 609 g/mol. The lowest BCUT2D eigenvalue weighted by Crippen LogP contribution is -2.74. The molecule has 43 heavy (non-hydrogen) atoms. The van der Waals surface area contributed by atoms with E-state index in [0.717, 1.165) is 38.5 Å². The fraction of sp³-hybridized carbons (Fsp3) is 0.861. The van der Waals surface area contributed by atoms with Crippen LogP contribution in [0.15, 0.2) is 12.2 Å². The van der Waals surface area contributed by atoms with E-state index in [0.29, 0.717) is 25.7 Å². The lowest BCUT2D eigenvalue weighted by atomic mass is 9.91. The highest BCUT2D eigenvalue weighted by Crippen LogP contribution is 2.34. The molecule has 7 nitrogen and oxygen atoms in total. The number of aliphatic carboxylic acids is 3. The van der Waals surface area contributed by atoms with E-state index in [9.17, 15) is 29.7 Å². The molecule has 0 bridgehead atoms. The van der Waals surface area contributed by atoms with Gasteiger partial charge >= 0.3 is 11.9 Å². The Hall–Kier alpha value is -1.89. The Morgan fingerprint density at radius 1 is 0.535 bits per heavy atom. The zero-order valence-corrected chi connectivity index (χ0v) is 28.3. The molecule has 0 aliphatic heterocycles. The minimum absolute atomic E-state index is 0.203. The number of carbonyl (C=O) groups excluding carboxylic acids is 1. The third-order valence-electron chi connectivity index (χ3n) is 9.08. The molecule has 0 spiro atoms. The van der Waals surface area contributed by atoms with Gasteiger partial charge in [0.25, 0.3) is 0 Å². The molecule has 0 rings (SSSR count). The molecule has 0 saturated heterocycles. The quantitative estimate of drug-likeness (QED) is 0.0463. The molecule has 0 aliphatic carbocycles. The summed E-state index contributed by atoms with van der Waals surface area (Å²) >= 11 is 0. The van der Waals surface area contributed by atoms with Gasteiger partial charge in [-0.3, -0.25) is 4.48 Å². The number of carboxylic acids is 3. The van der Waals surface area contributed by atoms with Crippen molar-refractivity contribution in [2.75, 3.05) is 6.54 Å². The van der Waals surface area contributed by atoms with Gasteiger partial charge in [0.05, 0.1) is 12.5 Å². The maximum atomic E-state index is 12.6. The highest BCUT2D eigenvalue weighted by Gasteiger charge is 2.54. The molecule has 0 heterocycles. The Balaban J connectivity index is 4.87. The fourth-order valence-electron chi connectivity index (χ4n) is 6.80. The van der Waals surface area contributed by atoms with Crippen LogP contribution in [0.2, 0.25) is 0 Å². The van der Waals surface area contributed by atoms with E-state index in [1.807, 2.05) is 20.8 Å². The second kappa shape index (κ2) is 26.5. The first kappa shape index (κ1) is 41.1. The molecule has 0 aromatic heterocycles. The largest absolute Gasteiger partial charge is 0.544 e. The lowest BCUT2D eigenvalue weighted by Gasteiger charge is -2.52. The summed E-state index contributed by atoms with van der Waals surface area (Å²) in [6.45, 7) is 8.06. The highest BCUT2D eigenvalue weighted by atomic mass is 16.4. The molecule has 0 fully saturated rings. The maximum absolute atomic E-state index is 12.6. The van der Waals surface area contributed by atoms with Gasteiger partial charge in [-0.1, -0.05) is 117 Å². The minimum Gasteiger partial charge on any atom is -0.544 e. The van der Waals surface area contributed by atoms with Gasteiger partial charge < -0.3 is 20.1 Å². The van der Waals surface area contributed by atoms with Crippen molar-refractivity contribution in [3.8, 4) is 0 Å². The van der Waals surface area contributed by atoms with Crippen LogP contribution in [0.1, 0.15) is 175 Å². The van der Waals surface area contributed by atoms with Gasteiger partial charge in [-0.2, -0.15) is 0 Å². The van der Waals surface area contributed by atoms with Crippen LogP contribution in [0.5, 0.6) is 0 Å². The third-order valence-corrected chi connectivity index (χ3v) is 9.08. The van der Waals surface area contributed by atoms with Crippen molar-refractivity contribution >= 4 is 17.9 Å². The predicted molar refractivity (Wildman–Crippen MR) is 175 cm³/mol. The Kier molecular flexibility index (Phi) is 25.3. The predicted octanol–water partition coefficient (Wildman–Crippen LogP) is 8.44. The van der Waals surface area contributed by atoms with Crippen LogP contribution in [0.4, 0.5) is 0 Å². The van der Waals surface area contributed by atoms with Gasteiger partial charge in [0.1, 0.15) is 6.04 Å². The fourth-order valence-corrected chi connectivity index (χ4v) is 6.80. The van der Waals surface area contributed by atoms with Crippen molar-refractivity contribution < 1.29 is 34.2 Å². The summed E-state index contributed by atoms with van der Waals surface area (Å²) in [4.78, 5) is 37.6. The smallest absolute Gasteiger partial charge is 0.362 e. The molecular weight excluding hydrogens is 542 g/mol. The summed E-state index contributed by atoms with van der Waals surface area (Å²) in [5.41, 5.74) is 0. The van der Waals surface area contributed by atoms with Crippen molar-refractivity contribution in [1.29, 1.82) is 0 Å². The molecule has 252 valence electrons. The second-order valence-electron chi connectivity index (χ2n) is 12.6. The van der Waals surface area contributed by atoms with E-state index in [1.165, 1.54) is 64.2 Å². The second-order valence-corrected chi connectivity index (χ2v) is 12.6. The third kappa shape index (κ3) is 16.7. The lowest BCUT2D eigenvalue weighted by molar-refractivity contribution is -0.975. The number of hydrogen-bond donors (Lipinski definition) is 2. The van der Waals surface area contributed by atoms with Gasteiger partial charge in [-0.25, -0.2) is 9.59 Å². The highest BCUT2D eigenvalue weighted by molar-refractivity contribution is 5.77. The average Bonchev–Trinajstić information content (AvgIpc) is 2.97. The Morgan fingerprint density at radius 3 is 1.23 bits per heavy atom. The number of carboxylic acid groups (broad SMARTS) is 3. The van der Waals surface area contributed by atoms with E-state index in [1.54, 1.807) is 0 Å². The van der Waals surface area contributed by atoms with Gasteiger partial charge in [0.2, 0.25) is 0 Å². The molecule has 7 heteroatoms. The minimum atomic E-state index is -1.34. The normalized spacial score (nSPS) is 15.3. The van der Waals surface area contributed by atoms with Crippen LogP contribution in [0, 0.1) is 0 Å². The van der Waals surface area contributed by atoms with Crippen LogP contribution in [0.25, 0.3) is 0 Å². The van der Waals surface area contributed by atoms with Gasteiger partial charge in [-0.05, 0) is 51.4 Å². The van der Waals surface area contributed by atoms with Crippen molar-refractivity contribution in [1.82, 2.24) is 0 Å². The number of quaternary nitrogens is 1. The summed E-state index contributed by atoms with van der Waals surface area (Å²) in [6, 6.07) is -3.34. The van der Waals surface area contributed by atoms with E-state index in [-0.39, 0.29) is 25.8 Å².